The number of rotatable bonds is 1. The van der Waals surface area contributed by atoms with E-state index in [-0.39, 0.29) is 11.1 Å². The number of fused-ring (bicyclic) bond motifs is 1. The van der Waals surface area contributed by atoms with E-state index in [0.717, 1.165) is 0 Å². The molecule has 0 heterocycles. The number of carbonyl (C=O) groups excluding carboxylic acids is 3. The van der Waals surface area contributed by atoms with Gasteiger partial charge in [0.05, 0.1) is 0 Å². The van der Waals surface area contributed by atoms with Crippen LogP contribution in [0.15, 0.2) is 24.3 Å². The summed E-state index contributed by atoms with van der Waals surface area (Å²) in [5.41, 5.74) is -0.121. The topological polar surface area (TPSA) is 94.3 Å². The van der Waals surface area contributed by atoms with Gasteiger partial charge in [-0.05, 0) is 0 Å². The first-order chi connectivity index (χ1) is 7.54. The summed E-state index contributed by atoms with van der Waals surface area (Å²) < 4.78 is 0. The van der Waals surface area contributed by atoms with Gasteiger partial charge in [-0.3, -0.25) is 24.5 Å². The molecule has 80 valence electrons. The van der Waals surface area contributed by atoms with E-state index >= 15 is 0 Å². The van der Waals surface area contributed by atoms with Crippen LogP contribution in [0.25, 0.3) is 0 Å². The molecule has 0 N–H and O–H groups in total. The summed E-state index contributed by atoms with van der Waals surface area (Å²) in [4.78, 5) is 43.9. The first kappa shape index (κ1) is 10.2. The molecule has 0 spiro atoms. The third-order valence-corrected chi connectivity index (χ3v) is 2.37. The van der Waals surface area contributed by atoms with Gasteiger partial charge in [-0.2, -0.15) is 0 Å². The maximum absolute atomic E-state index is 11.6. The smallest absolute Gasteiger partial charge is 0.286 e. The first-order valence-electron chi connectivity index (χ1n) is 4.39. The second-order valence-electron chi connectivity index (χ2n) is 3.29. The lowest BCUT2D eigenvalue weighted by atomic mass is 9.85. The van der Waals surface area contributed by atoms with E-state index in [2.05, 4.69) is 0 Å². The highest BCUT2D eigenvalue weighted by Crippen LogP contribution is 2.20. The van der Waals surface area contributed by atoms with Crippen molar-refractivity contribution in [3.8, 4) is 0 Å². The fourth-order valence-electron chi connectivity index (χ4n) is 1.61. The van der Waals surface area contributed by atoms with E-state index in [0.29, 0.717) is 0 Å². The second kappa shape index (κ2) is 3.34. The van der Waals surface area contributed by atoms with Gasteiger partial charge in [0, 0.05) is 16.1 Å². The lowest BCUT2D eigenvalue weighted by molar-refractivity contribution is -0.490. The normalized spacial score (nSPS) is 19.5. The largest absolute Gasteiger partial charge is 0.339 e. The number of benzene rings is 1. The van der Waals surface area contributed by atoms with Gasteiger partial charge in [-0.1, -0.05) is 24.3 Å². The van der Waals surface area contributed by atoms with Crippen LogP contribution in [-0.2, 0) is 4.79 Å². The van der Waals surface area contributed by atoms with Gasteiger partial charge in [0.15, 0.2) is 0 Å². The van der Waals surface area contributed by atoms with Crippen LogP contribution < -0.4 is 0 Å². The Balaban J connectivity index is 2.65. The monoisotopic (exact) mass is 219 g/mol. The van der Waals surface area contributed by atoms with Crippen LogP contribution >= 0.6 is 0 Å². The minimum atomic E-state index is -2.08. The van der Waals surface area contributed by atoms with Gasteiger partial charge < -0.3 is 0 Å². The van der Waals surface area contributed by atoms with Crippen molar-refractivity contribution < 1.29 is 19.3 Å². The molecule has 0 saturated heterocycles. The Kier molecular flexibility index (Phi) is 2.12. The van der Waals surface area contributed by atoms with E-state index in [1.165, 1.54) is 24.3 Å². The van der Waals surface area contributed by atoms with Gasteiger partial charge in [0.2, 0.25) is 11.6 Å². The van der Waals surface area contributed by atoms with Gasteiger partial charge in [0.1, 0.15) is 0 Å². The molecule has 6 heteroatoms. The average molecular weight is 219 g/mol. The lowest BCUT2D eigenvalue weighted by Crippen LogP contribution is -2.46. The van der Waals surface area contributed by atoms with E-state index in [9.17, 15) is 24.5 Å². The molecule has 0 amide bonds. The van der Waals surface area contributed by atoms with Crippen LogP contribution in [0.3, 0.4) is 0 Å². The third-order valence-electron chi connectivity index (χ3n) is 2.37. The molecule has 0 bridgehead atoms. The quantitative estimate of drug-likeness (QED) is 0.292. The molecule has 16 heavy (non-hydrogen) atoms. The molecule has 0 radical (unpaired) electrons. The molecule has 0 fully saturated rings. The zero-order valence-electron chi connectivity index (χ0n) is 7.88. The van der Waals surface area contributed by atoms with Crippen molar-refractivity contribution in [1.29, 1.82) is 0 Å². The van der Waals surface area contributed by atoms with E-state index < -0.39 is 28.3 Å². The van der Waals surface area contributed by atoms with Crippen molar-refractivity contribution in [2.45, 2.75) is 6.04 Å². The van der Waals surface area contributed by atoms with Gasteiger partial charge in [-0.25, -0.2) is 0 Å². The molecule has 1 aliphatic rings. The molecule has 0 aromatic heterocycles. The van der Waals surface area contributed by atoms with Crippen molar-refractivity contribution in [2.24, 2.45) is 0 Å². The molecule has 1 aromatic carbocycles. The zero-order chi connectivity index (χ0) is 11.9. The summed E-state index contributed by atoms with van der Waals surface area (Å²) in [6.45, 7) is 0. The minimum absolute atomic E-state index is 0.0596. The van der Waals surface area contributed by atoms with Crippen molar-refractivity contribution in [3.05, 3.63) is 45.5 Å². The van der Waals surface area contributed by atoms with Crippen LogP contribution in [0.4, 0.5) is 0 Å². The number of hydrogen-bond acceptors (Lipinski definition) is 5. The van der Waals surface area contributed by atoms with Crippen molar-refractivity contribution in [3.63, 3.8) is 0 Å². The Hall–Kier alpha value is -2.37. The summed E-state index contributed by atoms with van der Waals surface area (Å²) >= 11 is 0. The Morgan fingerprint density at radius 2 is 1.56 bits per heavy atom. The van der Waals surface area contributed by atoms with E-state index in [1.54, 1.807) is 0 Å². The number of ketones is 3. The highest BCUT2D eigenvalue weighted by atomic mass is 16.6. The maximum atomic E-state index is 11.6. The van der Waals surface area contributed by atoms with Crippen LogP contribution in [0, 0.1) is 10.1 Å². The predicted molar refractivity (Wildman–Crippen MR) is 50.9 cm³/mol. The van der Waals surface area contributed by atoms with Crippen LogP contribution in [0.5, 0.6) is 0 Å². The Morgan fingerprint density at radius 3 is 2.12 bits per heavy atom. The Bertz CT molecular complexity index is 534. The van der Waals surface area contributed by atoms with Crippen molar-refractivity contribution >= 4 is 17.3 Å². The van der Waals surface area contributed by atoms with Gasteiger partial charge in [-0.15, -0.1) is 0 Å². The molecule has 0 aliphatic heterocycles. The fraction of sp³-hybridized carbons (Fsp3) is 0.100. The molecule has 1 atom stereocenters. The molecule has 1 aromatic rings. The van der Waals surface area contributed by atoms with Crippen molar-refractivity contribution in [2.75, 3.05) is 0 Å². The molecule has 0 saturated carbocycles. The zero-order valence-corrected chi connectivity index (χ0v) is 7.88. The van der Waals surface area contributed by atoms with Crippen LogP contribution in [0.2, 0.25) is 0 Å². The first-order valence-corrected chi connectivity index (χ1v) is 4.39. The summed E-state index contributed by atoms with van der Waals surface area (Å²) in [7, 11) is 0. The summed E-state index contributed by atoms with van der Waals surface area (Å²) in [6, 6.07) is 3.50. The highest BCUT2D eigenvalue weighted by molar-refractivity contribution is 6.52. The van der Waals surface area contributed by atoms with Crippen LogP contribution in [0.1, 0.15) is 20.7 Å². The van der Waals surface area contributed by atoms with Gasteiger partial charge in [0.25, 0.3) is 5.78 Å². The van der Waals surface area contributed by atoms with Gasteiger partial charge >= 0.3 is 6.04 Å². The average Bonchev–Trinajstić information content (AvgIpc) is 2.26. The fourth-order valence-corrected chi connectivity index (χ4v) is 1.61. The standard InChI is InChI=1S/C10H5NO5/c12-8-5-3-1-2-4-6(5)9(13)10(14)7(8)11(15)16/h1-4,7H. The number of hydrogen-bond donors (Lipinski definition) is 0. The number of Topliss-reactive ketones (excluding diaryl/α,β-unsaturated/α-hetero) is 3. The maximum Gasteiger partial charge on any atom is 0.339 e. The van der Waals surface area contributed by atoms with Crippen molar-refractivity contribution in [1.82, 2.24) is 0 Å². The SMILES string of the molecule is O=C1C(=O)C([N+](=O)[O-])C(=O)c2ccccc21. The highest BCUT2D eigenvalue weighted by Gasteiger charge is 2.48. The second-order valence-corrected chi connectivity index (χ2v) is 3.29. The third kappa shape index (κ3) is 1.23. The van der Waals surface area contributed by atoms with E-state index in [4.69, 9.17) is 0 Å². The number of nitro groups is 1. The molecule has 1 unspecified atom stereocenters. The molecular formula is C10H5NO5. The number of nitrogens with zero attached hydrogens (tertiary/aromatic N) is 1. The van der Waals surface area contributed by atoms with Crippen LogP contribution in [-0.4, -0.2) is 28.3 Å². The summed E-state index contributed by atoms with van der Waals surface area (Å²) in [6.07, 6.45) is 0. The molecular weight excluding hydrogens is 214 g/mol. The Morgan fingerprint density at radius 1 is 1.00 bits per heavy atom. The Labute approximate surface area is 89.0 Å². The lowest BCUT2D eigenvalue weighted by Gasteiger charge is -2.14. The number of carbonyl (C=O) groups is 3. The predicted octanol–water partition coefficient (Wildman–Crippen LogP) is 0.280. The molecule has 6 nitrogen and oxygen atoms in total. The molecule has 2 rings (SSSR count). The molecule has 1 aliphatic carbocycles. The minimum Gasteiger partial charge on any atom is -0.286 e. The summed E-state index contributed by atoms with van der Waals surface area (Å²) in [5, 5.41) is 10.5. The van der Waals surface area contributed by atoms with E-state index in [1.807, 2.05) is 0 Å². The summed E-state index contributed by atoms with van der Waals surface area (Å²) in [5.74, 6) is -3.17.